The first-order chi connectivity index (χ1) is 8.16. The van der Waals surface area contributed by atoms with Crippen molar-refractivity contribution in [3.05, 3.63) is 0 Å². The Morgan fingerprint density at radius 3 is 2.76 bits per heavy atom. The second-order valence-electron chi connectivity index (χ2n) is 5.99. The minimum atomic E-state index is 0.413. The van der Waals surface area contributed by atoms with E-state index in [-0.39, 0.29) is 0 Å². The van der Waals surface area contributed by atoms with Gasteiger partial charge >= 0.3 is 0 Å². The van der Waals surface area contributed by atoms with E-state index in [2.05, 4.69) is 25.6 Å². The van der Waals surface area contributed by atoms with Gasteiger partial charge in [-0.15, -0.1) is 0 Å². The zero-order valence-corrected chi connectivity index (χ0v) is 12.0. The van der Waals surface area contributed by atoms with Crippen molar-refractivity contribution in [2.75, 3.05) is 12.4 Å². The molecule has 0 radical (unpaired) electrons. The highest BCUT2D eigenvalue weighted by Gasteiger charge is 2.30. The smallest absolute Gasteiger partial charge is 0.0666 e. The van der Waals surface area contributed by atoms with Gasteiger partial charge in [0.05, 0.1) is 6.10 Å². The molecule has 17 heavy (non-hydrogen) atoms. The first-order valence-electron chi connectivity index (χ1n) is 7.15. The molecule has 0 aromatic carbocycles. The zero-order valence-electron chi connectivity index (χ0n) is 11.2. The van der Waals surface area contributed by atoms with E-state index < -0.39 is 0 Å². The molecule has 1 heterocycles. The normalized spacial score (nSPS) is 38.8. The highest BCUT2D eigenvalue weighted by atomic mass is 32.2. The van der Waals surface area contributed by atoms with Crippen LogP contribution in [0.2, 0.25) is 0 Å². The monoisotopic (exact) mass is 257 g/mol. The van der Waals surface area contributed by atoms with Gasteiger partial charge in [-0.1, -0.05) is 13.8 Å². The Morgan fingerprint density at radius 2 is 2.12 bits per heavy atom. The average Bonchev–Trinajstić information content (AvgIpc) is 2.80. The molecular formula is C14H27NOS. The maximum absolute atomic E-state index is 6.26. The lowest BCUT2D eigenvalue weighted by molar-refractivity contribution is 0.128. The van der Waals surface area contributed by atoms with Crippen molar-refractivity contribution in [2.24, 2.45) is 17.6 Å². The fourth-order valence-electron chi connectivity index (χ4n) is 2.99. The summed E-state index contributed by atoms with van der Waals surface area (Å²) in [6.45, 7) is 5.67. The summed E-state index contributed by atoms with van der Waals surface area (Å²) in [5.74, 6) is 2.86. The third kappa shape index (κ3) is 3.87. The van der Waals surface area contributed by atoms with Crippen molar-refractivity contribution in [3.8, 4) is 0 Å². The standard InChI is InChI=1S/C14H27NOS/c1-10(2)11-5-6-13(15)14(8-11)17-9-12-4-3-7-16-12/h10-14H,3-9,15H2,1-2H3. The molecule has 4 unspecified atom stereocenters. The van der Waals surface area contributed by atoms with Crippen LogP contribution in [-0.2, 0) is 4.74 Å². The minimum absolute atomic E-state index is 0.413. The van der Waals surface area contributed by atoms with Crippen LogP contribution in [0.1, 0.15) is 46.0 Å². The molecule has 0 amide bonds. The maximum Gasteiger partial charge on any atom is 0.0666 e. The summed E-state index contributed by atoms with van der Waals surface area (Å²) in [4.78, 5) is 0. The SMILES string of the molecule is CC(C)C1CCC(N)C(SCC2CCCO2)C1. The summed E-state index contributed by atoms with van der Waals surface area (Å²) in [6, 6.07) is 0.413. The van der Waals surface area contributed by atoms with Crippen molar-refractivity contribution in [1.82, 2.24) is 0 Å². The van der Waals surface area contributed by atoms with Gasteiger partial charge in [-0.25, -0.2) is 0 Å². The van der Waals surface area contributed by atoms with Gasteiger partial charge in [0.1, 0.15) is 0 Å². The highest BCUT2D eigenvalue weighted by molar-refractivity contribution is 8.00. The quantitative estimate of drug-likeness (QED) is 0.841. The van der Waals surface area contributed by atoms with Gasteiger partial charge in [0.25, 0.3) is 0 Å². The Morgan fingerprint density at radius 1 is 1.29 bits per heavy atom. The number of nitrogens with two attached hydrogens (primary N) is 1. The Kier molecular flexibility index (Phi) is 5.19. The lowest BCUT2D eigenvalue weighted by Crippen LogP contribution is -2.40. The van der Waals surface area contributed by atoms with Gasteiger partial charge in [-0.2, -0.15) is 11.8 Å². The molecule has 3 heteroatoms. The number of thioether (sulfide) groups is 1. The maximum atomic E-state index is 6.26. The van der Waals surface area contributed by atoms with Crippen molar-refractivity contribution in [1.29, 1.82) is 0 Å². The van der Waals surface area contributed by atoms with Crippen LogP contribution >= 0.6 is 11.8 Å². The lowest BCUT2D eigenvalue weighted by atomic mass is 9.79. The molecule has 4 atom stereocenters. The van der Waals surface area contributed by atoms with Gasteiger partial charge in [0.2, 0.25) is 0 Å². The Bertz CT molecular complexity index is 228. The van der Waals surface area contributed by atoms with E-state index in [9.17, 15) is 0 Å². The van der Waals surface area contributed by atoms with Crippen LogP contribution in [0.3, 0.4) is 0 Å². The van der Waals surface area contributed by atoms with Crippen LogP contribution in [0.25, 0.3) is 0 Å². The number of rotatable bonds is 4. The van der Waals surface area contributed by atoms with Crippen LogP contribution in [0.15, 0.2) is 0 Å². The molecule has 0 aromatic heterocycles. The third-order valence-corrected chi connectivity index (χ3v) is 5.88. The van der Waals surface area contributed by atoms with E-state index in [1.807, 2.05) is 0 Å². The molecule has 2 nitrogen and oxygen atoms in total. The van der Waals surface area contributed by atoms with E-state index >= 15 is 0 Å². The molecule has 2 rings (SSSR count). The molecule has 100 valence electrons. The zero-order chi connectivity index (χ0) is 12.3. The van der Waals surface area contributed by atoms with Crippen LogP contribution in [0.4, 0.5) is 0 Å². The summed E-state index contributed by atoms with van der Waals surface area (Å²) in [7, 11) is 0. The second-order valence-corrected chi connectivity index (χ2v) is 7.26. The summed E-state index contributed by atoms with van der Waals surface area (Å²) in [5, 5.41) is 0.667. The van der Waals surface area contributed by atoms with Crippen LogP contribution in [-0.4, -0.2) is 29.8 Å². The predicted molar refractivity (Wildman–Crippen MR) is 75.4 cm³/mol. The first kappa shape index (κ1) is 13.7. The number of hydrogen-bond acceptors (Lipinski definition) is 3. The molecule has 2 aliphatic rings. The first-order valence-corrected chi connectivity index (χ1v) is 8.20. The molecule has 1 aliphatic heterocycles. The van der Waals surface area contributed by atoms with Crippen molar-refractivity contribution in [2.45, 2.75) is 63.3 Å². The fraction of sp³-hybridized carbons (Fsp3) is 1.00. The van der Waals surface area contributed by atoms with Crippen LogP contribution in [0, 0.1) is 11.8 Å². The molecule has 0 bridgehead atoms. The molecule has 1 aliphatic carbocycles. The van der Waals surface area contributed by atoms with E-state index in [0.717, 1.165) is 24.2 Å². The summed E-state index contributed by atoms with van der Waals surface area (Å²) < 4.78 is 5.69. The molecule has 1 saturated heterocycles. The van der Waals surface area contributed by atoms with Crippen molar-refractivity contribution in [3.63, 3.8) is 0 Å². The molecule has 2 N–H and O–H groups in total. The van der Waals surface area contributed by atoms with Crippen molar-refractivity contribution < 1.29 is 4.74 Å². The topological polar surface area (TPSA) is 35.2 Å². The summed E-state index contributed by atoms with van der Waals surface area (Å²) in [5.41, 5.74) is 6.26. The van der Waals surface area contributed by atoms with E-state index in [1.54, 1.807) is 0 Å². The van der Waals surface area contributed by atoms with Gasteiger partial charge in [-0.3, -0.25) is 0 Å². The highest BCUT2D eigenvalue weighted by Crippen LogP contribution is 2.36. The molecule has 0 aromatic rings. The minimum Gasteiger partial charge on any atom is -0.377 e. The lowest BCUT2D eigenvalue weighted by Gasteiger charge is -2.36. The second kappa shape index (κ2) is 6.44. The van der Waals surface area contributed by atoms with Crippen molar-refractivity contribution >= 4 is 11.8 Å². The van der Waals surface area contributed by atoms with Crippen LogP contribution in [0.5, 0.6) is 0 Å². The molecule has 0 spiro atoms. The van der Waals surface area contributed by atoms with E-state index in [0.29, 0.717) is 17.4 Å². The van der Waals surface area contributed by atoms with E-state index in [4.69, 9.17) is 10.5 Å². The van der Waals surface area contributed by atoms with E-state index in [1.165, 1.54) is 32.1 Å². The third-order valence-electron chi connectivity index (χ3n) is 4.35. The average molecular weight is 257 g/mol. The fourth-order valence-corrected chi connectivity index (χ4v) is 4.48. The van der Waals surface area contributed by atoms with Gasteiger partial charge in [0, 0.05) is 23.7 Å². The predicted octanol–water partition coefficient (Wildman–Crippen LogP) is 3.05. The molecular weight excluding hydrogens is 230 g/mol. The summed E-state index contributed by atoms with van der Waals surface area (Å²) >= 11 is 2.07. The molecule has 1 saturated carbocycles. The Balaban J connectivity index is 1.76. The van der Waals surface area contributed by atoms with Gasteiger partial charge in [0.15, 0.2) is 0 Å². The molecule has 2 fully saturated rings. The van der Waals surface area contributed by atoms with Gasteiger partial charge in [-0.05, 0) is 43.9 Å². The van der Waals surface area contributed by atoms with Crippen LogP contribution < -0.4 is 5.73 Å². The largest absolute Gasteiger partial charge is 0.377 e. The Labute approximate surface area is 110 Å². The number of ether oxygens (including phenoxy) is 1. The summed E-state index contributed by atoms with van der Waals surface area (Å²) in [6.07, 6.45) is 6.86. The Hall–Kier alpha value is 0.270. The van der Waals surface area contributed by atoms with Gasteiger partial charge < -0.3 is 10.5 Å². The number of hydrogen-bond donors (Lipinski definition) is 1.